The molecule has 1 aromatic heterocycles. The first kappa shape index (κ1) is 22.4. The number of hydrogen-bond donors (Lipinski definition) is 0. The Bertz CT molecular complexity index is 1310. The minimum Gasteiger partial charge on any atom is -0.464 e. The summed E-state index contributed by atoms with van der Waals surface area (Å²) >= 11 is 6.16. The minimum atomic E-state index is -1.08. The third-order valence-electron chi connectivity index (χ3n) is 5.31. The van der Waals surface area contributed by atoms with Gasteiger partial charge in [-0.1, -0.05) is 55.8 Å². The van der Waals surface area contributed by atoms with Crippen LogP contribution in [0.3, 0.4) is 0 Å². The summed E-state index contributed by atoms with van der Waals surface area (Å²) in [7, 11) is 0. The zero-order valence-electron chi connectivity index (χ0n) is 18.2. The quantitative estimate of drug-likeness (QED) is 0.269. The molecule has 0 aliphatic heterocycles. The molecule has 0 amide bonds. The first-order chi connectivity index (χ1) is 16.0. The summed E-state index contributed by atoms with van der Waals surface area (Å²) in [6.07, 6.45) is 0.475. The number of para-hydroxylation sites is 1. The molecule has 1 heterocycles. The molecule has 3 aromatic carbocycles. The Morgan fingerprint density at radius 2 is 1.76 bits per heavy atom. The zero-order chi connectivity index (χ0) is 23.4. The highest BCUT2D eigenvalue weighted by molar-refractivity contribution is 6.31. The molecule has 0 aliphatic carbocycles. The van der Waals surface area contributed by atoms with Crippen molar-refractivity contribution in [1.82, 2.24) is 0 Å². The number of hydrogen-bond acceptors (Lipinski definition) is 5. The Morgan fingerprint density at radius 1 is 1.00 bits per heavy atom. The second kappa shape index (κ2) is 9.81. The second-order valence-corrected chi connectivity index (χ2v) is 8.42. The lowest BCUT2D eigenvalue weighted by atomic mass is 9.88. The minimum absolute atomic E-state index is 0.0932. The predicted molar refractivity (Wildman–Crippen MR) is 126 cm³/mol. The van der Waals surface area contributed by atoms with Crippen molar-refractivity contribution in [1.29, 1.82) is 5.26 Å². The maximum atomic E-state index is 13.3. The van der Waals surface area contributed by atoms with Crippen LogP contribution in [0.15, 0.2) is 83.5 Å². The molecule has 0 spiro atoms. The summed E-state index contributed by atoms with van der Waals surface area (Å²) in [6, 6.07) is 23.6. The molecule has 0 N–H and O–H groups in total. The summed E-state index contributed by atoms with van der Waals surface area (Å²) in [6.45, 7) is 3.84. The molecular formula is C27H22ClNO4. The summed E-state index contributed by atoms with van der Waals surface area (Å²) in [5, 5.41) is 11.1. The van der Waals surface area contributed by atoms with E-state index in [1.165, 1.54) is 0 Å². The summed E-state index contributed by atoms with van der Waals surface area (Å²) < 4.78 is 17.2. The molecule has 0 aliphatic rings. The smallest absolute Gasteiger partial charge is 0.315 e. The molecule has 0 saturated carbocycles. The fourth-order valence-corrected chi connectivity index (χ4v) is 3.92. The normalized spacial score (nSPS) is 12.8. The Morgan fingerprint density at radius 3 is 2.48 bits per heavy atom. The Kier molecular flexibility index (Phi) is 6.67. The second-order valence-electron chi connectivity index (χ2n) is 7.99. The van der Waals surface area contributed by atoms with Crippen LogP contribution < -0.4 is 4.74 Å². The highest BCUT2D eigenvalue weighted by Gasteiger charge is 2.31. The number of nitriles is 1. The maximum Gasteiger partial charge on any atom is 0.315 e. The SMILES string of the molecule is CC(C)C(C(=O)OC(C#N)c1cccc(Oc2ccccc2)c1)c1coc2ccc(Cl)cc12. The summed E-state index contributed by atoms with van der Waals surface area (Å²) in [4.78, 5) is 13.3. The molecule has 2 unspecified atom stereocenters. The van der Waals surface area contributed by atoms with Crippen molar-refractivity contribution in [3.05, 3.63) is 95.2 Å². The van der Waals surface area contributed by atoms with Crippen molar-refractivity contribution in [3.8, 4) is 17.6 Å². The molecule has 0 bridgehead atoms. The summed E-state index contributed by atoms with van der Waals surface area (Å²) in [5.74, 6) is -0.00121. The van der Waals surface area contributed by atoms with Gasteiger partial charge in [0.05, 0.1) is 12.2 Å². The molecule has 0 saturated heterocycles. The molecule has 4 rings (SSSR count). The Hall–Kier alpha value is -3.75. The number of carbonyl (C=O) groups is 1. The number of halogens is 1. The van der Waals surface area contributed by atoms with Gasteiger partial charge >= 0.3 is 5.97 Å². The Labute approximate surface area is 197 Å². The van der Waals surface area contributed by atoms with Gasteiger partial charge in [0.25, 0.3) is 0 Å². The van der Waals surface area contributed by atoms with Crippen LogP contribution in [-0.2, 0) is 9.53 Å². The largest absolute Gasteiger partial charge is 0.464 e. The number of fused-ring (bicyclic) bond motifs is 1. The highest BCUT2D eigenvalue weighted by atomic mass is 35.5. The standard InChI is InChI=1S/C27H22ClNO4/c1-17(2)26(23-16-31-24-12-11-19(28)14-22(23)24)27(30)33-25(15-29)18-7-6-10-21(13-18)32-20-8-4-3-5-9-20/h3-14,16-17,25-26H,1-2H3. The van der Waals surface area contributed by atoms with Gasteiger partial charge in [0.15, 0.2) is 0 Å². The van der Waals surface area contributed by atoms with Gasteiger partial charge in [0.1, 0.15) is 23.2 Å². The molecular weight excluding hydrogens is 438 g/mol. The number of furan rings is 1. The lowest BCUT2D eigenvalue weighted by molar-refractivity contribution is -0.150. The average molecular weight is 460 g/mol. The topological polar surface area (TPSA) is 72.5 Å². The number of benzene rings is 3. The van der Waals surface area contributed by atoms with Crippen molar-refractivity contribution in [2.24, 2.45) is 5.92 Å². The van der Waals surface area contributed by atoms with Crippen molar-refractivity contribution in [3.63, 3.8) is 0 Å². The zero-order valence-corrected chi connectivity index (χ0v) is 19.0. The van der Waals surface area contributed by atoms with E-state index in [0.717, 1.165) is 5.39 Å². The van der Waals surface area contributed by atoms with E-state index in [1.54, 1.807) is 48.7 Å². The maximum absolute atomic E-state index is 13.3. The number of carbonyl (C=O) groups excluding carboxylic acids is 1. The van der Waals surface area contributed by atoms with E-state index in [-0.39, 0.29) is 5.92 Å². The van der Waals surface area contributed by atoms with Crippen LogP contribution in [0.1, 0.15) is 37.0 Å². The van der Waals surface area contributed by atoms with Gasteiger partial charge in [-0.2, -0.15) is 5.26 Å². The number of nitrogens with zero attached hydrogens (tertiary/aromatic N) is 1. The first-order valence-corrected chi connectivity index (χ1v) is 10.9. The van der Waals surface area contributed by atoms with Crippen molar-refractivity contribution < 1.29 is 18.7 Å². The van der Waals surface area contributed by atoms with E-state index < -0.39 is 18.0 Å². The number of ether oxygens (including phenoxy) is 2. The lowest BCUT2D eigenvalue weighted by Gasteiger charge is -2.21. The van der Waals surface area contributed by atoms with E-state index in [0.29, 0.717) is 33.2 Å². The number of rotatable bonds is 7. The molecule has 4 aromatic rings. The van der Waals surface area contributed by atoms with Crippen LogP contribution in [0.25, 0.3) is 11.0 Å². The van der Waals surface area contributed by atoms with Crippen LogP contribution >= 0.6 is 11.6 Å². The summed E-state index contributed by atoms with van der Waals surface area (Å²) in [5.41, 5.74) is 1.85. The van der Waals surface area contributed by atoms with Crippen LogP contribution in [-0.4, -0.2) is 5.97 Å². The van der Waals surface area contributed by atoms with Crippen LogP contribution in [0, 0.1) is 17.2 Å². The van der Waals surface area contributed by atoms with Gasteiger partial charge < -0.3 is 13.9 Å². The van der Waals surface area contributed by atoms with Crippen molar-refractivity contribution in [2.75, 3.05) is 0 Å². The molecule has 6 heteroatoms. The molecule has 166 valence electrons. The third kappa shape index (κ3) is 5.02. The molecule has 5 nitrogen and oxygen atoms in total. The monoisotopic (exact) mass is 459 g/mol. The van der Waals surface area contributed by atoms with Crippen molar-refractivity contribution >= 4 is 28.5 Å². The fraction of sp³-hybridized carbons (Fsp3) is 0.185. The van der Waals surface area contributed by atoms with Crippen LogP contribution in [0.2, 0.25) is 5.02 Å². The molecule has 2 atom stereocenters. The van der Waals surface area contributed by atoms with Gasteiger partial charge in [-0.15, -0.1) is 0 Å². The van der Waals surface area contributed by atoms with Crippen LogP contribution in [0.5, 0.6) is 11.5 Å². The van der Waals surface area contributed by atoms with Gasteiger partial charge in [-0.3, -0.25) is 4.79 Å². The van der Waals surface area contributed by atoms with Gasteiger partial charge in [0.2, 0.25) is 6.10 Å². The van der Waals surface area contributed by atoms with E-state index in [1.807, 2.05) is 44.2 Å². The van der Waals surface area contributed by atoms with Crippen molar-refractivity contribution in [2.45, 2.75) is 25.9 Å². The van der Waals surface area contributed by atoms with E-state index >= 15 is 0 Å². The van der Waals surface area contributed by atoms with Gasteiger partial charge in [-0.05, 0) is 48.4 Å². The molecule has 0 radical (unpaired) electrons. The van der Waals surface area contributed by atoms with Gasteiger partial charge in [-0.25, -0.2) is 0 Å². The van der Waals surface area contributed by atoms with E-state index in [9.17, 15) is 10.1 Å². The highest BCUT2D eigenvalue weighted by Crippen LogP contribution is 2.36. The molecule has 33 heavy (non-hydrogen) atoms. The Balaban J connectivity index is 1.58. The van der Waals surface area contributed by atoms with E-state index in [4.69, 9.17) is 25.5 Å². The van der Waals surface area contributed by atoms with Crippen LogP contribution in [0.4, 0.5) is 0 Å². The third-order valence-corrected chi connectivity index (χ3v) is 5.55. The average Bonchev–Trinajstić information content (AvgIpc) is 3.20. The van der Waals surface area contributed by atoms with E-state index in [2.05, 4.69) is 6.07 Å². The molecule has 0 fully saturated rings. The first-order valence-electron chi connectivity index (χ1n) is 10.6. The fourth-order valence-electron chi connectivity index (χ4n) is 3.74. The van der Waals surface area contributed by atoms with Gasteiger partial charge in [0, 0.05) is 21.5 Å². The predicted octanol–water partition coefficient (Wildman–Crippen LogP) is 7.43. The number of esters is 1. The lowest BCUT2D eigenvalue weighted by Crippen LogP contribution is -2.22.